The molecule has 5 heteroatoms. The van der Waals surface area contributed by atoms with Crippen molar-refractivity contribution in [2.45, 2.75) is 13.2 Å². The van der Waals surface area contributed by atoms with Crippen LogP contribution in [0, 0.1) is 0 Å². The molecule has 0 fully saturated rings. The van der Waals surface area contributed by atoms with E-state index in [1.165, 1.54) is 0 Å². The van der Waals surface area contributed by atoms with E-state index in [4.69, 9.17) is 19.6 Å². The van der Waals surface area contributed by atoms with Gasteiger partial charge in [-0.15, -0.1) is 0 Å². The summed E-state index contributed by atoms with van der Waals surface area (Å²) in [6.07, 6.45) is 0. The highest BCUT2D eigenvalue weighted by molar-refractivity contribution is 5.86. The third-order valence-electron chi connectivity index (χ3n) is 2.57. The molecule has 1 aromatic carbocycles. The lowest BCUT2D eigenvalue weighted by Gasteiger charge is -2.05. The molecule has 0 saturated carbocycles. The number of methoxy groups -OCH3 is 1. The van der Waals surface area contributed by atoms with Crippen molar-refractivity contribution < 1.29 is 18.7 Å². The molecule has 0 atom stereocenters. The van der Waals surface area contributed by atoms with Crippen molar-refractivity contribution in [3.63, 3.8) is 0 Å². The van der Waals surface area contributed by atoms with Gasteiger partial charge in [0.2, 0.25) is 5.76 Å². The van der Waals surface area contributed by atoms with Gasteiger partial charge in [-0.25, -0.2) is 4.79 Å². The van der Waals surface area contributed by atoms with Crippen LogP contribution >= 0.6 is 0 Å². The fourth-order valence-corrected chi connectivity index (χ4v) is 1.58. The number of rotatable bonds is 5. The molecule has 5 nitrogen and oxygen atoms in total. The van der Waals surface area contributed by atoms with Crippen LogP contribution in [0.5, 0.6) is 5.75 Å². The van der Waals surface area contributed by atoms with Gasteiger partial charge in [0.15, 0.2) is 0 Å². The molecular weight excluding hydrogens is 246 g/mol. The molecule has 0 radical (unpaired) electrons. The average molecular weight is 261 g/mol. The summed E-state index contributed by atoms with van der Waals surface area (Å²) in [5.41, 5.74) is 6.25. The van der Waals surface area contributed by atoms with Gasteiger partial charge in [0, 0.05) is 0 Å². The Balaban J connectivity index is 1.96. The number of carbonyl (C=O) groups is 1. The van der Waals surface area contributed by atoms with E-state index in [0.29, 0.717) is 5.76 Å². The number of ether oxygens (including phenoxy) is 2. The monoisotopic (exact) mass is 261 g/mol. The first kappa shape index (κ1) is 13.2. The predicted octanol–water partition coefficient (Wildman–Crippen LogP) is 2.10. The van der Waals surface area contributed by atoms with Crippen molar-refractivity contribution in [3.05, 3.63) is 53.5 Å². The molecular formula is C14H15NO4. The van der Waals surface area contributed by atoms with E-state index < -0.39 is 5.97 Å². The van der Waals surface area contributed by atoms with E-state index in [-0.39, 0.29) is 18.9 Å². The van der Waals surface area contributed by atoms with Crippen LogP contribution < -0.4 is 10.5 Å². The van der Waals surface area contributed by atoms with Crippen LogP contribution in [0.4, 0.5) is 0 Å². The molecule has 0 unspecified atom stereocenters. The Bertz CT molecular complexity index is 562. The average Bonchev–Trinajstić information content (AvgIpc) is 2.94. The highest BCUT2D eigenvalue weighted by atomic mass is 16.5. The van der Waals surface area contributed by atoms with Crippen LogP contribution in [0.15, 0.2) is 40.8 Å². The summed E-state index contributed by atoms with van der Waals surface area (Å²) in [6, 6.07) is 10.5. The Morgan fingerprint density at radius 3 is 2.84 bits per heavy atom. The number of nitrogens with two attached hydrogens (primary N) is 1. The maximum Gasteiger partial charge on any atom is 0.374 e. The first-order valence-electron chi connectivity index (χ1n) is 5.81. The fourth-order valence-electron chi connectivity index (χ4n) is 1.58. The van der Waals surface area contributed by atoms with Crippen molar-refractivity contribution in [2.24, 2.45) is 5.73 Å². The van der Waals surface area contributed by atoms with Crippen LogP contribution in [0.3, 0.4) is 0 Å². The maximum absolute atomic E-state index is 11.7. The zero-order valence-corrected chi connectivity index (χ0v) is 10.6. The van der Waals surface area contributed by atoms with Crippen LogP contribution in [0.1, 0.15) is 21.9 Å². The zero-order valence-electron chi connectivity index (χ0n) is 10.6. The normalized spacial score (nSPS) is 10.2. The molecule has 2 N–H and O–H groups in total. The summed E-state index contributed by atoms with van der Waals surface area (Å²) in [5.74, 6) is 0.913. The van der Waals surface area contributed by atoms with Gasteiger partial charge in [-0.2, -0.15) is 0 Å². The number of carbonyl (C=O) groups excluding carboxylic acids is 1. The first-order valence-corrected chi connectivity index (χ1v) is 5.81. The molecule has 0 saturated heterocycles. The van der Waals surface area contributed by atoms with Crippen LogP contribution in [0.2, 0.25) is 0 Å². The highest BCUT2D eigenvalue weighted by Gasteiger charge is 2.12. The second kappa shape index (κ2) is 6.06. The van der Waals surface area contributed by atoms with Crippen LogP contribution in [-0.2, 0) is 17.9 Å². The van der Waals surface area contributed by atoms with Gasteiger partial charge in [-0.3, -0.25) is 0 Å². The third-order valence-corrected chi connectivity index (χ3v) is 2.57. The molecule has 2 rings (SSSR count). The minimum Gasteiger partial charge on any atom is -0.497 e. The van der Waals surface area contributed by atoms with Gasteiger partial charge in [-0.1, -0.05) is 12.1 Å². The van der Waals surface area contributed by atoms with E-state index in [1.807, 2.05) is 18.2 Å². The standard InChI is InChI=1S/C14H15NO4/c1-17-11-4-2-3-10(7-11)9-18-14(16)13-6-5-12(8-15)19-13/h2-7H,8-9,15H2,1H3. The Labute approximate surface area is 110 Å². The summed E-state index contributed by atoms with van der Waals surface area (Å²) < 4.78 is 15.4. The maximum atomic E-state index is 11.7. The summed E-state index contributed by atoms with van der Waals surface area (Å²) in [7, 11) is 1.59. The predicted molar refractivity (Wildman–Crippen MR) is 68.7 cm³/mol. The number of hydrogen-bond donors (Lipinski definition) is 1. The number of benzene rings is 1. The molecule has 0 aliphatic rings. The molecule has 19 heavy (non-hydrogen) atoms. The van der Waals surface area contributed by atoms with Crippen molar-refractivity contribution >= 4 is 5.97 Å². The van der Waals surface area contributed by atoms with E-state index in [1.54, 1.807) is 25.3 Å². The van der Waals surface area contributed by atoms with Gasteiger partial charge >= 0.3 is 5.97 Å². The summed E-state index contributed by atoms with van der Waals surface area (Å²) >= 11 is 0. The summed E-state index contributed by atoms with van der Waals surface area (Å²) in [5, 5.41) is 0. The fraction of sp³-hybridized carbons (Fsp3) is 0.214. The lowest BCUT2D eigenvalue weighted by Crippen LogP contribution is -2.04. The van der Waals surface area contributed by atoms with E-state index in [9.17, 15) is 4.79 Å². The van der Waals surface area contributed by atoms with Gasteiger partial charge in [0.25, 0.3) is 0 Å². The topological polar surface area (TPSA) is 74.7 Å². The van der Waals surface area contributed by atoms with E-state index >= 15 is 0 Å². The zero-order chi connectivity index (χ0) is 13.7. The molecule has 0 amide bonds. The van der Waals surface area contributed by atoms with Crippen molar-refractivity contribution in [1.29, 1.82) is 0 Å². The summed E-state index contributed by atoms with van der Waals surface area (Å²) in [6.45, 7) is 0.415. The van der Waals surface area contributed by atoms with E-state index in [0.717, 1.165) is 11.3 Å². The van der Waals surface area contributed by atoms with E-state index in [2.05, 4.69) is 0 Å². The SMILES string of the molecule is COc1cccc(COC(=O)c2ccc(CN)o2)c1. The van der Waals surface area contributed by atoms with Gasteiger partial charge in [0.05, 0.1) is 13.7 Å². The minimum atomic E-state index is -0.512. The number of hydrogen-bond acceptors (Lipinski definition) is 5. The molecule has 0 bridgehead atoms. The number of esters is 1. The molecule has 2 aromatic rings. The van der Waals surface area contributed by atoms with Gasteiger partial charge in [-0.05, 0) is 29.8 Å². The molecule has 1 aromatic heterocycles. The van der Waals surface area contributed by atoms with Gasteiger partial charge in [0.1, 0.15) is 18.1 Å². The molecule has 1 heterocycles. The molecule has 0 aliphatic heterocycles. The van der Waals surface area contributed by atoms with Gasteiger partial charge < -0.3 is 19.6 Å². The first-order chi connectivity index (χ1) is 9.22. The van der Waals surface area contributed by atoms with Crippen LogP contribution in [-0.4, -0.2) is 13.1 Å². The van der Waals surface area contributed by atoms with Crippen molar-refractivity contribution in [3.8, 4) is 5.75 Å². The number of furan rings is 1. The van der Waals surface area contributed by atoms with Crippen molar-refractivity contribution in [1.82, 2.24) is 0 Å². The Kier molecular flexibility index (Phi) is 4.20. The Hall–Kier alpha value is -2.27. The quantitative estimate of drug-likeness (QED) is 0.834. The lowest BCUT2D eigenvalue weighted by molar-refractivity contribution is 0.0434. The smallest absolute Gasteiger partial charge is 0.374 e. The highest BCUT2D eigenvalue weighted by Crippen LogP contribution is 2.14. The third kappa shape index (κ3) is 3.35. The minimum absolute atomic E-state index is 0.156. The Morgan fingerprint density at radius 2 is 2.16 bits per heavy atom. The Morgan fingerprint density at radius 1 is 1.32 bits per heavy atom. The van der Waals surface area contributed by atoms with Crippen LogP contribution in [0.25, 0.3) is 0 Å². The second-order valence-corrected chi connectivity index (χ2v) is 3.90. The molecule has 0 spiro atoms. The molecule has 100 valence electrons. The summed E-state index contributed by atoms with van der Waals surface area (Å²) in [4.78, 5) is 11.7. The molecule has 0 aliphatic carbocycles. The lowest BCUT2D eigenvalue weighted by atomic mass is 10.2. The largest absolute Gasteiger partial charge is 0.497 e. The van der Waals surface area contributed by atoms with Crippen molar-refractivity contribution in [2.75, 3.05) is 7.11 Å². The second-order valence-electron chi connectivity index (χ2n) is 3.90.